The van der Waals surface area contributed by atoms with Crippen molar-refractivity contribution in [3.05, 3.63) is 96.1 Å². The Morgan fingerprint density at radius 3 is 2.06 bits per heavy atom. The molecule has 4 aliphatic rings. The summed E-state index contributed by atoms with van der Waals surface area (Å²) in [5.41, 5.74) is 12.3. The predicted octanol–water partition coefficient (Wildman–Crippen LogP) is 4.60. The molecule has 1 atom stereocenters. The monoisotopic (exact) mass is 448 g/mol. The van der Waals surface area contributed by atoms with Crippen LogP contribution in [0.2, 0.25) is 0 Å². The Bertz CT molecular complexity index is 1600. The molecule has 0 spiro atoms. The fourth-order valence-corrected chi connectivity index (χ4v) is 6.29. The first-order chi connectivity index (χ1) is 16.4. The third-order valence-corrected chi connectivity index (χ3v) is 8.03. The van der Waals surface area contributed by atoms with Crippen LogP contribution in [0.3, 0.4) is 0 Å². The van der Waals surface area contributed by atoms with E-state index in [1.54, 1.807) is 0 Å². The second-order valence-electron chi connectivity index (χ2n) is 9.56. The van der Waals surface area contributed by atoms with Crippen molar-refractivity contribution in [1.82, 2.24) is 9.13 Å². The molecule has 6 heterocycles. The van der Waals surface area contributed by atoms with Gasteiger partial charge in [-0.3, -0.25) is 0 Å². The predicted molar refractivity (Wildman–Crippen MR) is 140 cm³/mol. The number of rotatable bonds is 2. The molecule has 0 fully saturated rings. The zero-order chi connectivity index (χ0) is 23.9. The largest absolute Gasteiger partial charge is 0.327 e. The van der Waals surface area contributed by atoms with Crippen molar-refractivity contribution in [3.63, 3.8) is 0 Å². The molecule has 0 radical (unpaired) electrons. The Morgan fingerprint density at radius 1 is 0.706 bits per heavy atom. The molecule has 0 amide bonds. The highest BCUT2D eigenvalue weighted by Gasteiger charge is 2.28. The van der Waals surface area contributed by atoms with E-state index in [-0.39, 0.29) is 6.17 Å². The van der Waals surface area contributed by atoms with Crippen LogP contribution in [0.25, 0.3) is 22.3 Å². The minimum atomic E-state index is 0.0990. The second kappa shape index (κ2) is 7.17. The summed E-state index contributed by atoms with van der Waals surface area (Å²) in [5, 5.41) is 2.49. The van der Waals surface area contributed by atoms with Gasteiger partial charge in [0.2, 0.25) is 0 Å². The van der Waals surface area contributed by atoms with Gasteiger partial charge in [0.25, 0.3) is 0 Å². The van der Waals surface area contributed by atoms with Crippen LogP contribution in [-0.4, -0.2) is 29.7 Å². The van der Waals surface area contributed by atoms with Crippen molar-refractivity contribution in [2.75, 3.05) is 0 Å². The van der Waals surface area contributed by atoms with Crippen LogP contribution in [0.15, 0.2) is 60.0 Å². The Morgan fingerprint density at radius 2 is 1.32 bits per heavy atom. The number of fused-ring (bicyclic) bond motifs is 2. The van der Waals surface area contributed by atoms with Gasteiger partial charge >= 0.3 is 0 Å². The minimum Gasteiger partial charge on any atom is -0.327 e. The Hall–Kier alpha value is -3.66. The van der Waals surface area contributed by atoms with E-state index in [0.29, 0.717) is 0 Å². The molecule has 4 aliphatic heterocycles. The first kappa shape index (κ1) is 20.9. The molecular formula is C30H32N4. The topological polar surface area (TPSA) is 15.9 Å². The van der Waals surface area contributed by atoms with Crippen LogP contribution in [0.5, 0.6) is 0 Å². The number of hydrogen-bond acceptors (Lipinski definition) is 0. The lowest BCUT2D eigenvalue weighted by molar-refractivity contribution is -0.396. The van der Waals surface area contributed by atoms with Crippen LogP contribution in [0.1, 0.15) is 65.0 Å². The average Bonchev–Trinajstić information content (AvgIpc) is 3.60. The van der Waals surface area contributed by atoms with E-state index < -0.39 is 0 Å². The van der Waals surface area contributed by atoms with Crippen LogP contribution in [0, 0.1) is 14.1 Å². The van der Waals surface area contributed by atoms with Gasteiger partial charge in [-0.25, -0.2) is 0 Å². The SMILES string of the molecule is [CH2-][N+]1=C2C=CC1=C(CC)c1ccc3n1C(C)n1c(ccc1=C(CC)C1=[N+]([CH2-])C(=C3C)C=C1)=C2C. The fraction of sp³-hybridized carbons (Fsp3) is 0.267. The van der Waals surface area contributed by atoms with E-state index in [1.165, 1.54) is 55.8 Å². The summed E-state index contributed by atoms with van der Waals surface area (Å²) in [7, 11) is 8.95. The molecule has 6 bridgehead atoms. The third-order valence-electron chi connectivity index (χ3n) is 8.03. The highest BCUT2D eigenvalue weighted by atomic mass is 15.2. The smallest absolute Gasteiger partial charge is 0.109 e. The molecule has 2 aromatic rings. The third kappa shape index (κ3) is 2.48. The van der Waals surface area contributed by atoms with Gasteiger partial charge in [0, 0.05) is 36.2 Å². The number of hydrogen-bond donors (Lipinski definition) is 0. The normalized spacial score (nSPS) is 21.0. The highest BCUT2D eigenvalue weighted by molar-refractivity contribution is 6.23. The van der Waals surface area contributed by atoms with E-state index in [2.05, 4.69) is 116 Å². The Balaban J connectivity index is 1.93. The zero-order valence-corrected chi connectivity index (χ0v) is 20.8. The zero-order valence-electron chi connectivity index (χ0n) is 20.8. The van der Waals surface area contributed by atoms with E-state index in [9.17, 15) is 0 Å². The molecule has 34 heavy (non-hydrogen) atoms. The van der Waals surface area contributed by atoms with Crippen molar-refractivity contribution < 1.29 is 9.15 Å². The van der Waals surface area contributed by atoms with E-state index >= 15 is 0 Å². The van der Waals surface area contributed by atoms with Gasteiger partial charge < -0.3 is 18.3 Å². The lowest BCUT2D eigenvalue weighted by Gasteiger charge is -2.28. The quantitative estimate of drug-likeness (QED) is 0.472. The lowest BCUT2D eigenvalue weighted by Crippen LogP contribution is -2.39. The van der Waals surface area contributed by atoms with Gasteiger partial charge in [-0.1, -0.05) is 38.2 Å². The van der Waals surface area contributed by atoms with Crippen molar-refractivity contribution in [2.24, 2.45) is 0 Å². The molecule has 172 valence electrons. The van der Waals surface area contributed by atoms with Crippen molar-refractivity contribution in [3.8, 4) is 0 Å². The van der Waals surface area contributed by atoms with Crippen molar-refractivity contribution >= 4 is 33.7 Å². The fourth-order valence-electron chi connectivity index (χ4n) is 6.29. The first-order valence-electron chi connectivity index (χ1n) is 12.3. The summed E-state index contributed by atoms with van der Waals surface area (Å²) in [6, 6.07) is 9.15. The van der Waals surface area contributed by atoms with Crippen LogP contribution >= 0.6 is 0 Å². The molecule has 0 aromatic carbocycles. The van der Waals surface area contributed by atoms with E-state index in [4.69, 9.17) is 0 Å². The molecule has 4 heteroatoms. The summed E-state index contributed by atoms with van der Waals surface area (Å²) < 4.78 is 9.30. The number of allylic oxidation sites excluding steroid dienone is 6. The molecule has 1 unspecified atom stereocenters. The van der Waals surface area contributed by atoms with Gasteiger partial charge in [-0.15, -0.1) is 0 Å². The van der Waals surface area contributed by atoms with Gasteiger partial charge in [0.1, 0.15) is 29.0 Å². The lowest BCUT2D eigenvalue weighted by atomic mass is 10.1. The maximum Gasteiger partial charge on any atom is 0.109 e. The molecule has 0 saturated carbocycles. The Labute approximate surface area is 201 Å². The average molecular weight is 449 g/mol. The van der Waals surface area contributed by atoms with Gasteiger partial charge in [-0.2, -0.15) is 0 Å². The number of nitrogens with zero attached hydrogens (tertiary/aromatic N) is 4. The summed E-state index contributed by atoms with van der Waals surface area (Å²) in [5.74, 6) is 0. The summed E-state index contributed by atoms with van der Waals surface area (Å²) in [6.07, 6.45) is 10.9. The maximum atomic E-state index is 4.47. The summed E-state index contributed by atoms with van der Waals surface area (Å²) in [4.78, 5) is 0. The van der Waals surface area contributed by atoms with Gasteiger partial charge in [-0.05, 0) is 80.2 Å². The molecule has 6 rings (SSSR count). The molecule has 0 saturated heterocycles. The van der Waals surface area contributed by atoms with Gasteiger partial charge in [0.05, 0.1) is 0 Å². The standard InChI is InChI=1S/C30H32N4/c1-8-21-27-14-10-23(31(27)6)18(3)26-13-17-30-22(9-2)28-15-11-24(32(28)7)19(4)25-12-16-29(21)33(25)20(5)34(26)30/h10-17,20H,6-9H2,1-5H3. The minimum absolute atomic E-state index is 0.0990. The molecule has 2 aromatic heterocycles. The van der Waals surface area contributed by atoms with E-state index in [0.717, 1.165) is 24.3 Å². The van der Waals surface area contributed by atoms with E-state index in [1.807, 2.05) is 0 Å². The molecule has 0 N–H and O–H groups in total. The first-order valence-corrected chi connectivity index (χ1v) is 12.3. The maximum absolute atomic E-state index is 4.47. The number of aromatic nitrogens is 2. The van der Waals surface area contributed by atoms with Gasteiger partial charge in [0.15, 0.2) is 0 Å². The molecule has 4 nitrogen and oxygen atoms in total. The molecule has 0 aliphatic carbocycles. The second-order valence-corrected chi connectivity index (χ2v) is 9.56. The van der Waals surface area contributed by atoms with Crippen LogP contribution in [0.4, 0.5) is 0 Å². The molecular weight excluding hydrogens is 416 g/mol. The van der Waals surface area contributed by atoms with Crippen molar-refractivity contribution in [2.45, 2.75) is 53.6 Å². The van der Waals surface area contributed by atoms with Crippen molar-refractivity contribution in [1.29, 1.82) is 0 Å². The summed E-state index contributed by atoms with van der Waals surface area (Å²) in [6.45, 7) is 11.3. The Kier molecular flexibility index (Phi) is 4.41. The van der Waals surface area contributed by atoms with Crippen LogP contribution < -0.4 is 10.7 Å². The van der Waals surface area contributed by atoms with Crippen LogP contribution in [-0.2, 0) is 0 Å². The highest BCUT2D eigenvalue weighted by Crippen LogP contribution is 2.35. The summed E-state index contributed by atoms with van der Waals surface area (Å²) >= 11 is 0.